The summed E-state index contributed by atoms with van der Waals surface area (Å²) in [6.45, 7) is 3.26. The summed E-state index contributed by atoms with van der Waals surface area (Å²) >= 11 is 0. The molecule has 2 aromatic rings. The molecule has 2 aliphatic heterocycles. The van der Waals surface area contributed by atoms with Crippen LogP contribution in [0.15, 0.2) is 54.6 Å². The lowest BCUT2D eigenvalue weighted by molar-refractivity contribution is -0.123. The van der Waals surface area contributed by atoms with Crippen LogP contribution in [0.2, 0.25) is 0 Å². The molecule has 6 nitrogen and oxygen atoms in total. The highest BCUT2D eigenvalue weighted by molar-refractivity contribution is 7.91. The van der Waals surface area contributed by atoms with Crippen LogP contribution in [0.3, 0.4) is 0 Å². The second-order valence-electron chi connectivity index (χ2n) is 7.29. The summed E-state index contributed by atoms with van der Waals surface area (Å²) in [5.74, 6) is 0.753. The highest BCUT2D eigenvalue weighted by atomic mass is 32.2. The maximum Gasteiger partial charge on any atom is 0.241 e. The van der Waals surface area contributed by atoms with Crippen molar-refractivity contribution in [2.75, 3.05) is 29.6 Å². The lowest BCUT2D eigenvalue weighted by Crippen LogP contribution is -2.61. The summed E-state index contributed by atoms with van der Waals surface area (Å²) in [6.07, 6.45) is 0. The molecule has 0 radical (unpaired) electrons. The van der Waals surface area contributed by atoms with Crippen LogP contribution in [0.1, 0.15) is 12.5 Å². The van der Waals surface area contributed by atoms with Crippen molar-refractivity contribution in [3.8, 4) is 5.75 Å². The number of carbonyl (C=O) groups excluding carboxylic acids is 1. The first-order valence-electron chi connectivity index (χ1n) is 9.50. The average molecular weight is 401 g/mol. The molecule has 2 atom stereocenters. The van der Waals surface area contributed by atoms with Gasteiger partial charge in [0.1, 0.15) is 5.75 Å². The van der Waals surface area contributed by atoms with Gasteiger partial charge < -0.3 is 9.64 Å². The maximum absolute atomic E-state index is 13.0. The SMILES string of the molecule is CCOc1ccc(N2C(=O)CN(Cc3ccccc3)C3CS(=O)(=O)CC32)cc1. The number of carbonyl (C=O) groups is 1. The Kier molecular flexibility index (Phi) is 5.12. The number of ether oxygens (including phenoxy) is 1. The molecule has 0 bridgehead atoms. The van der Waals surface area contributed by atoms with Gasteiger partial charge in [0, 0.05) is 18.3 Å². The number of amides is 1. The lowest BCUT2D eigenvalue weighted by atomic mass is 10.0. The monoisotopic (exact) mass is 400 g/mol. The van der Waals surface area contributed by atoms with Crippen molar-refractivity contribution in [1.29, 1.82) is 0 Å². The van der Waals surface area contributed by atoms with Gasteiger partial charge in [-0.25, -0.2) is 8.42 Å². The minimum atomic E-state index is -3.20. The van der Waals surface area contributed by atoms with Crippen molar-refractivity contribution in [3.63, 3.8) is 0 Å². The normalized spacial score (nSPS) is 24.2. The van der Waals surface area contributed by atoms with E-state index in [-0.39, 0.29) is 36.0 Å². The quantitative estimate of drug-likeness (QED) is 0.769. The molecule has 0 aliphatic carbocycles. The van der Waals surface area contributed by atoms with Crippen molar-refractivity contribution < 1.29 is 17.9 Å². The zero-order chi connectivity index (χ0) is 19.7. The van der Waals surface area contributed by atoms with Crippen LogP contribution in [-0.4, -0.2) is 56.0 Å². The fourth-order valence-corrected chi connectivity index (χ4v) is 6.14. The second-order valence-corrected chi connectivity index (χ2v) is 9.45. The maximum atomic E-state index is 13.0. The Morgan fingerprint density at radius 2 is 1.68 bits per heavy atom. The minimum Gasteiger partial charge on any atom is -0.494 e. The summed E-state index contributed by atoms with van der Waals surface area (Å²) in [4.78, 5) is 16.7. The summed E-state index contributed by atoms with van der Waals surface area (Å²) < 4.78 is 30.3. The lowest BCUT2D eigenvalue weighted by Gasteiger charge is -2.43. The van der Waals surface area contributed by atoms with E-state index in [0.29, 0.717) is 13.2 Å². The van der Waals surface area contributed by atoms with E-state index in [2.05, 4.69) is 0 Å². The largest absolute Gasteiger partial charge is 0.494 e. The van der Waals surface area contributed by atoms with Crippen molar-refractivity contribution in [3.05, 3.63) is 60.2 Å². The number of nitrogens with zero attached hydrogens (tertiary/aromatic N) is 2. The number of fused-ring (bicyclic) bond motifs is 1. The van der Waals surface area contributed by atoms with E-state index < -0.39 is 9.84 Å². The van der Waals surface area contributed by atoms with Gasteiger partial charge >= 0.3 is 0 Å². The Morgan fingerprint density at radius 1 is 1.00 bits per heavy atom. The number of sulfone groups is 1. The highest BCUT2D eigenvalue weighted by Gasteiger charge is 2.49. The summed E-state index contributed by atoms with van der Waals surface area (Å²) in [5, 5.41) is 0. The molecule has 0 saturated carbocycles. The third kappa shape index (κ3) is 3.77. The number of rotatable bonds is 5. The number of hydrogen-bond donors (Lipinski definition) is 0. The topological polar surface area (TPSA) is 66.9 Å². The van der Waals surface area contributed by atoms with Crippen molar-refractivity contribution >= 4 is 21.4 Å². The molecule has 2 aromatic carbocycles. The Morgan fingerprint density at radius 3 is 2.36 bits per heavy atom. The van der Waals surface area contributed by atoms with E-state index in [9.17, 15) is 13.2 Å². The third-order valence-electron chi connectivity index (χ3n) is 5.36. The summed E-state index contributed by atoms with van der Waals surface area (Å²) in [7, 11) is -3.20. The zero-order valence-corrected chi connectivity index (χ0v) is 16.6. The van der Waals surface area contributed by atoms with Crippen molar-refractivity contribution in [1.82, 2.24) is 4.90 Å². The first-order valence-corrected chi connectivity index (χ1v) is 11.3. The molecule has 0 spiro atoms. The Bertz CT molecular complexity index is 944. The van der Waals surface area contributed by atoms with Gasteiger partial charge in [0.25, 0.3) is 0 Å². The molecular weight excluding hydrogens is 376 g/mol. The minimum absolute atomic E-state index is 0.00189. The van der Waals surface area contributed by atoms with Crippen LogP contribution in [0, 0.1) is 0 Å². The van der Waals surface area contributed by atoms with Crippen LogP contribution in [0.5, 0.6) is 5.75 Å². The van der Waals surface area contributed by atoms with E-state index in [1.807, 2.05) is 66.4 Å². The Balaban J connectivity index is 1.62. The molecule has 28 heavy (non-hydrogen) atoms. The number of anilines is 1. The van der Waals surface area contributed by atoms with Crippen LogP contribution in [0.25, 0.3) is 0 Å². The van der Waals surface area contributed by atoms with E-state index >= 15 is 0 Å². The highest BCUT2D eigenvalue weighted by Crippen LogP contribution is 2.33. The van der Waals surface area contributed by atoms with Crippen LogP contribution in [0.4, 0.5) is 5.69 Å². The molecule has 148 valence electrons. The van der Waals surface area contributed by atoms with Gasteiger partial charge in [-0.2, -0.15) is 0 Å². The predicted octanol–water partition coefficient (Wildman–Crippen LogP) is 2.10. The molecule has 0 N–H and O–H groups in total. The standard InChI is InChI=1S/C21H24N2O4S/c1-2-27-18-10-8-17(9-11-18)23-20-15-28(25,26)14-19(20)22(13-21(23)24)12-16-6-4-3-5-7-16/h3-11,19-20H,2,12-15H2,1H3. The van der Waals surface area contributed by atoms with Gasteiger partial charge in [-0.3, -0.25) is 9.69 Å². The van der Waals surface area contributed by atoms with Crippen LogP contribution < -0.4 is 9.64 Å². The third-order valence-corrected chi connectivity index (χ3v) is 7.05. The molecule has 2 aliphatic rings. The van der Waals surface area contributed by atoms with Crippen molar-refractivity contribution in [2.45, 2.75) is 25.6 Å². The Labute approximate surface area is 165 Å². The molecule has 4 rings (SSSR count). The molecule has 2 fully saturated rings. The van der Waals surface area contributed by atoms with Gasteiger partial charge in [-0.05, 0) is 36.8 Å². The fraction of sp³-hybridized carbons (Fsp3) is 0.381. The average Bonchev–Trinajstić information content (AvgIpc) is 2.99. The van der Waals surface area contributed by atoms with Gasteiger partial charge in [0.2, 0.25) is 5.91 Å². The van der Waals surface area contributed by atoms with E-state index in [1.165, 1.54) is 0 Å². The van der Waals surface area contributed by atoms with Crippen molar-refractivity contribution in [2.24, 2.45) is 0 Å². The Hall–Kier alpha value is -2.38. The molecule has 7 heteroatoms. The van der Waals surface area contributed by atoms with Gasteiger partial charge in [0.15, 0.2) is 9.84 Å². The zero-order valence-electron chi connectivity index (χ0n) is 15.8. The molecular formula is C21H24N2O4S. The number of benzene rings is 2. The van der Waals surface area contributed by atoms with Gasteiger partial charge in [0.05, 0.1) is 30.7 Å². The van der Waals surface area contributed by atoms with Crippen LogP contribution in [-0.2, 0) is 21.2 Å². The smallest absolute Gasteiger partial charge is 0.241 e. The first-order chi connectivity index (χ1) is 13.5. The molecule has 2 unspecified atom stereocenters. The van der Waals surface area contributed by atoms with Crippen LogP contribution >= 0.6 is 0 Å². The van der Waals surface area contributed by atoms with E-state index in [4.69, 9.17) is 4.74 Å². The summed E-state index contributed by atoms with van der Waals surface area (Å²) in [6, 6.07) is 16.6. The van der Waals surface area contributed by atoms with Gasteiger partial charge in [-0.1, -0.05) is 30.3 Å². The number of hydrogen-bond acceptors (Lipinski definition) is 5. The predicted molar refractivity (Wildman–Crippen MR) is 108 cm³/mol. The second kappa shape index (κ2) is 7.56. The molecule has 2 saturated heterocycles. The molecule has 2 heterocycles. The number of piperazine rings is 1. The first kappa shape index (κ1) is 19.0. The van der Waals surface area contributed by atoms with E-state index in [0.717, 1.165) is 17.0 Å². The molecule has 0 aromatic heterocycles. The van der Waals surface area contributed by atoms with Gasteiger partial charge in [-0.15, -0.1) is 0 Å². The fourth-order valence-electron chi connectivity index (χ4n) is 4.15. The molecule has 1 amide bonds. The summed E-state index contributed by atoms with van der Waals surface area (Å²) in [5.41, 5.74) is 1.80. The van der Waals surface area contributed by atoms with E-state index in [1.54, 1.807) is 4.90 Å².